The van der Waals surface area contributed by atoms with Gasteiger partial charge in [0.05, 0.1) is 0 Å². The molecular weight excluding hydrogens is 262 g/mol. The van der Waals surface area contributed by atoms with E-state index in [1.807, 2.05) is 12.1 Å². The summed E-state index contributed by atoms with van der Waals surface area (Å²) in [5.74, 6) is -0.0282. The van der Waals surface area contributed by atoms with Gasteiger partial charge in [-0.15, -0.1) is 0 Å². The second kappa shape index (κ2) is 7.57. The van der Waals surface area contributed by atoms with Crippen LogP contribution in [0.1, 0.15) is 44.7 Å². The van der Waals surface area contributed by atoms with Gasteiger partial charge >= 0.3 is 0 Å². The molecule has 2 unspecified atom stereocenters. The van der Waals surface area contributed by atoms with Gasteiger partial charge in [0.25, 0.3) is 0 Å². The highest BCUT2D eigenvalue weighted by molar-refractivity contribution is 5.88. The number of likely N-dealkylation sites (tertiary alicyclic amines) is 1. The summed E-state index contributed by atoms with van der Waals surface area (Å²) in [4.78, 5) is 13.6. The third kappa shape index (κ3) is 5.14. The number of carbonyl (C=O) groups is 1. The number of nitrogens with one attached hydrogen (secondary N) is 2. The van der Waals surface area contributed by atoms with Gasteiger partial charge in [-0.1, -0.05) is 12.1 Å². The smallest absolute Gasteiger partial charge is 0.221 e. The lowest BCUT2D eigenvalue weighted by Gasteiger charge is -2.23. The van der Waals surface area contributed by atoms with Crippen molar-refractivity contribution in [2.45, 2.75) is 45.2 Å². The number of hydrogen-bond acceptors (Lipinski definition) is 3. The SMILES string of the molecule is CC(=O)Nc1cccc(C(C)NC2CCCN(C)CC2)c1. The average molecular weight is 289 g/mol. The maximum absolute atomic E-state index is 11.1. The Bertz CT molecular complexity index is 475. The Balaban J connectivity index is 1.96. The molecule has 0 saturated carbocycles. The van der Waals surface area contributed by atoms with E-state index in [0.717, 1.165) is 12.2 Å². The number of anilines is 1. The van der Waals surface area contributed by atoms with Crippen molar-refractivity contribution in [1.29, 1.82) is 0 Å². The normalized spacial score (nSPS) is 21.6. The van der Waals surface area contributed by atoms with Crippen molar-refractivity contribution in [3.8, 4) is 0 Å². The molecule has 1 fully saturated rings. The monoisotopic (exact) mass is 289 g/mol. The highest BCUT2D eigenvalue weighted by atomic mass is 16.1. The van der Waals surface area contributed by atoms with Gasteiger partial charge in [-0.05, 0) is 64.0 Å². The number of hydrogen-bond donors (Lipinski definition) is 2. The molecule has 4 nitrogen and oxygen atoms in total. The molecule has 1 heterocycles. The van der Waals surface area contributed by atoms with Crippen molar-refractivity contribution in [1.82, 2.24) is 10.2 Å². The number of amides is 1. The van der Waals surface area contributed by atoms with E-state index in [1.54, 1.807) is 0 Å². The first kappa shape index (κ1) is 16.0. The summed E-state index contributed by atoms with van der Waals surface area (Å²) in [6.07, 6.45) is 3.69. The van der Waals surface area contributed by atoms with E-state index in [9.17, 15) is 4.79 Å². The lowest BCUT2D eigenvalue weighted by molar-refractivity contribution is -0.114. The molecule has 21 heavy (non-hydrogen) atoms. The van der Waals surface area contributed by atoms with Crippen LogP contribution >= 0.6 is 0 Å². The first-order chi connectivity index (χ1) is 10.0. The summed E-state index contributed by atoms with van der Waals surface area (Å²) < 4.78 is 0. The molecule has 1 aliphatic rings. The fourth-order valence-corrected chi connectivity index (χ4v) is 2.95. The Labute approximate surface area is 127 Å². The summed E-state index contributed by atoms with van der Waals surface area (Å²) in [6, 6.07) is 8.98. The molecule has 1 aromatic carbocycles. The Morgan fingerprint density at radius 1 is 1.33 bits per heavy atom. The third-order valence-corrected chi connectivity index (χ3v) is 4.14. The molecule has 2 rings (SSSR count). The molecule has 1 aliphatic heterocycles. The van der Waals surface area contributed by atoms with Crippen LogP contribution in [0.25, 0.3) is 0 Å². The Morgan fingerprint density at radius 3 is 2.90 bits per heavy atom. The van der Waals surface area contributed by atoms with E-state index in [4.69, 9.17) is 0 Å². The molecule has 0 bridgehead atoms. The van der Waals surface area contributed by atoms with Crippen LogP contribution in [0.15, 0.2) is 24.3 Å². The van der Waals surface area contributed by atoms with Crippen molar-refractivity contribution >= 4 is 11.6 Å². The van der Waals surface area contributed by atoms with Gasteiger partial charge in [0.2, 0.25) is 5.91 Å². The largest absolute Gasteiger partial charge is 0.326 e. The van der Waals surface area contributed by atoms with Gasteiger partial charge in [-0.2, -0.15) is 0 Å². The molecule has 0 aliphatic carbocycles. The average Bonchev–Trinajstić information content (AvgIpc) is 2.63. The van der Waals surface area contributed by atoms with Crippen molar-refractivity contribution < 1.29 is 4.79 Å². The first-order valence-electron chi connectivity index (χ1n) is 7.87. The topological polar surface area (TPSA) is 44.4 Å². The fourth-order valence-electron chi connectivity index (χ4n) is 2.95. The fraction of sp³-hybridized carbons (Fsp3) is 0.588. The van der Waals surface area contributed by atoms with Crippen LogP contribution < -0.4 is 10.6 Å². The van der Waals surface area contributed by atoms with Crippen LogP contribution in [0, 0.1) is 0 Å². The Morgan fingerprint density at radius 2 is 2.14 bits per heavy atom. The van der Waals surface area contributed by atoms with Gasteiger partial charge in [0, 0.05) is 24.7 Å². The van der Waals surface area contributed by atoms with E-state index in [-0.39, 0.29) is 5.91 Å². The molecule has 0 radical (unpaired) electrons. The van der Waals surface area contributed by atoms with E-state index >= 15 is 0 Å². The molecular formula is C17H27N3O. The molecule has 116 valence electrons. The predicted octanol–water partition coefficient (Wildman–Crippen LogP) is 2.78. The molecule has 1 aromatic rings. The standard InChI is InChI=1S/C17H27N3O/c1-13(18-16-8-5-10-20(3)11-9-16)15-6-4-7-17(12-15)19-14(2)21/h4,6-7,12-13,16,18H,5,8-11H2,1-3H3,(H,19,21). The molecule has 0 spiro atoms. The minimum absolute atomic E-state index is 0.0282. The maximum atomic E-state index is 11.1. The lowest BCUT2D eigenvalue weighted by Crippen LogP contribution is -2.32. The number of rotatable bonds is 4. The van der Waals surface area contributed by atoms with E-state index < -0.39 is 0 Å². The van der Waals surface area contributed by atoms with Gasteiger partial charge in [-0.25, -0.2) is 0 Å². The lowest BCUT2D eigenvalue weighted by atomic mass is 10.0. The quantitative estimate of drug-likeness (QED) is 0.896. The van der Waals surface area contributed by atoms with Crippen molar-refractivity contribution in [3.05, 3.63) is 29.8 Å². The van der Waals surface area contributed by atoms with Gasteiger partial charge in [0.15, 0.2) is 0 Å². The second-order valence-electron chi connectivity index (χ2n) is 6.13. The van der Waals surface area contributed by atoms with Gasteiger partial charge in [0.1, 0.15) is 0 Å². The zero-order valence-electron chi connectivity index (χ0n) is 13.4. The summed E-state index contributed by atoms with van der Waals surface area (Å²) in [6.45, 7) is 6.10. The van der Waals surface area contributed by atoms with E-state index in [2.05, 4.69) is 41.6 Å². The van der Waals surface area contributed by atoms with Crippen LogP contribution in [0.5, 0.6) is 0 Å². The number of carbonyl (C=O) groups excluding carboxylic acids is 1. The molecule has 4 heteroatoms. The van der Waals surface area contributed by atoms with Crippen LogP contribution in [-0.4, -0.2) is 37.0 Å². The Kier molecular flexibility index (Phi) is 5.76. The first-order valence-corrected chi connectivity index (χ1v) is 7.87. The minimum atomic E-state index is -0.0282. The summed E-state index contributed by atoms with van der Waals surface area (Å²) >= 11 is 0. The van der Waals surface area contributed by atoms with Crippen LogP contribution in [0.4, 0.5) is 5.69 Å². The molecule has 0 aromatic heterocycles. The zero-order valence-corrected chi connectivity index (χ0v) is 13.4. The van der Waals surface area contributed by atoms with Crippen LogP contribution in [0.2, 0.25) is 0 Å². The van der Waals surface area contributed by atoms with E-state index in [0.29, 0.717) is 12.1 Å². The molecule has 2 N–H and O–H groups in total. The molecule has 1 amide bonds. The van der Waals surface area contributed by atoms with Crippen LogP contribution in [-0.2, 0) is 4.79 Å². The minimum Gasteiger partial charge on any atom is -0.326 e. The molecule has 2 atom stereocenters. The summed E-state index contributed by atoms with van der Waals surface area (Å²) in [5.41, 5.74) is 2.09. The number of benzene rings is 1. The highest BCUT2D eigenvalue weighted by Gasteiger charge is 2.17. The van der Waals surface area contributed by atoms with E-state index in [1.165, 1.54) is 38.3 Å². The maximum Gasteiger partial charge on any atom is 0.221 e. The highest BCUT2D eigenvalue weighted by Crippen LogP contribution is 2.20. The Hall–Kier alpha value is -1.39. The van der Waals surface area contributed by atoms with Gasteiger partial charge in [-0.3, -0.25) is 4.79 Å². The van der Waals surface area contributed by atoms with Crippen LogP contribution in [0.3, 0.4) is 0 Å². The van der Waals surface area contributed by atoms with Crippen molar-refractivity contribution in [3.63, 3.8) is 0 Å². The third-order valence-electron chi connectivity index (χ3n) is 4.14. The summed E-state index contributed by atoms with van der Waals surface area (Å²) in [5, 5.41) is 6.58. The number of nitrogens with zero attached hydrogens (tertiary/aromatic N) is 1. The molecule has 1 saturated heterocycles. The zero-order chi connectivity index (χ0) is 15.2. The summed E-state index contributed by atoms with van der Waals surface area (Å²) in [7, 11) is 2.20. The van der Waals surface area contributed by atoms with Crippen molar-refractivity contribution in [2.75, 3.05) is 25.5 Å². The second-order valence-corrected chi connectivity index (χ2v) is 6.13. The van der Waals surface area contributed by atoms with Crippen molar-refractivity contribution in [2.24, 2.45) is 0 Å². The predicted molar refractivity (Wildman–Crippen MR) is 87.4 cm³/mol. The van der Waals surface area contributed by atoms with Gasteiger partial charge < -0.3 is 15.5 Å².